The number of halogens is 1. The summed E-state index contributed by atoms with van der Waals surface area (Å²) < 4.78 is 20.6. The van der Waals surface area contributed by atoms with Crippen molar-refractivity contribution in [3.8, 4) is 16.9 Å². The highest BCUT2D eigenvalue weighted by Gasteiger charge is 2.25. The molecular weight excluding hydrogens is 367 g/mol. The molecular formula is C24H25FN2O2. The average Bonchev–Trinajstić information content (AvgIpc) is 2.74. The zero-order valence-corrected chi connectivity index (χ0v) is 16.8. The van der Waals surface area contributed by atoms with Crippen LogP contribution in [0.15, 0.2) is 54.7 Å². The Morgan fingerprint density at radius 3 is 2.59 bits per heavy atom. The van der Waals surface area contributed by atoms with E-state index < -0.39 is 0 Å². The number of para-hydroxylation sites is 1. The number of likely N-dealkylation sites (tertiary alicyclic amines) is 1. The summed E-state index contributed by atoms with van der Waals surface area (Å²) in [6, 6.07) is 14.9. The second-order valence-electron chi connectivity index (χ2n) is 7.86. The molecule has 1 saturated heterocycles. The highest BCUT2D eigenvalue weighted by Crippen LogP contribution is 2.29. The molecule has 5 heteroatoms. The lowest BCUT2D eigenvalue weighted by Gasteiger charge is -2.33. The Balaban J connectivity index is 1.44. The van der Waals surface area contributed by atoms with Gasteiger partial charge in [-0.15, -0.1) is 0 Å². The van der Waals surface area contributed by atoms with E-state index in [2.05, 4.69) is 4.98 Å². The van der Waals surface area contributed by atoms with E-state index in [4.69, 9.17) is 4.74 Å². The van der Waals surface area contributed by atoms with Crippen LogP contribution in [-0.4, -0.2) is 35.0 Å². The van der Waals surface area contributed by atoms with Crippen molar-refractivity contribution in [1.29, 1.82) is 0 Å². The predicted octanol–water partition coefficient (Wildman–Crippen LogP) is 5.07. The topological polar surface area (TPSA) is 42.4 Å². The molecule has 3 aromatic rings. The summed E-state index contributed by atoms with van der Waals surface area (Å²) in [4.78, 5) is 18.4. The lowest BCUT2D eigenvalue weighted by atomic mass is 10.0. The second-order valence-corrected chi connectivity index (χ2v) is 7.86. The number of ether oxygens (including phenoxy) is 1. The largest absolute Gasteiger partial charge is 0.487 e. The Kier molecular flexibility index (Phi) is 5.47. The number of nitrogens with zero attached hydrogens (tertiary/aromatic N) is 2. The van der Waals surface area contributed by atoms with Crippen molar-refractivity contribution in [2.45, 2.75) is 32.8 Å². The molecule has 2 heterocycles. The minimum Gasteiger partial charge on any atom is -0.487 e. The number of hydrogen-bond acceptors (Lipinski definition) is 3. The molecule has 29 heavy (non-hydrogen) atoms. The number of amides is 1. The number of hydrogen-bond donors (Lipinski definition) is 0. The van der Waals surface area contributed by atoms with E-state index in [1.165, 1.54) is 6.07 Å². The molecule has 1 aliphatic rings. The van der Waals surface area contributed by atoms with Gasteiger partial charge in [0.2, 0.25) is 5.91 Å². The molecule has 4 nitrogen and oxygen atoms in total. The molecule has 1 fully saturated rings. The number of fused-ring (bicyclic) bond motifs is 1. The van der Waals surface area contributed by atoms with Crippen LogP contribution in [0.2, 0.25) is 0 Å². The van der Waals surface area contributed by atoms with Crippen molar-refractivity contribution in [1.82, 2.24) is 9.88 Å². The van der Waals surface area contributed by atoms with Crippen LogP contribution in [0.3, 0.4) is 0 Å². The Hall–Kier alpha value is -2.95. The van der Waals surface area contributed by atoms with Crippen LogP contribution in [0.5, 0.6) is 5.75 Å². The van der Waals surface area contributed by atoms with Gasteiger partial charge < -0.3 is 9.64 Å². The van der Waals surface area contributed by atoms with E-state index in [0.29, 0.717) is 25.9 Å². The number of pyridine rings is 1. The van der Waals surface area contributed by atoms with Crippen molar-refractivity contribution in [3.63, 3.8) is 0 Å². The van der Waals surface area contributed by atoms with Gasteiger partial charge in [0.05, 0.1) is 5.52 Å². The Morgan fingerprint density at radius 2 is 1.86 bits per heavy atom. The van der Waals surface area contributed by atoms with E-state index in [-0.39, 0.29) is 29.5 Å². The molecule has 0 spiro atoms. The number of carbonyl (C=O) groups is 1. The summed E-state index contributed by atoms with van der Waals surface area (Å²) in [6.07, 6.45) is 3.12. The van der Waals surface area contributed by atoms with Crippen LogP contribution < -0.4 is 4.74 Å². The van der Waals surface area contributed by atoms with Gasteiger partial charge in [0, 0.05) is 49.0 Å². The number of benzene rings is 2. The zero-order chi connectivity index (χ0) is 20.4. The molecule has 1 aliphatic heterocycles. The summed E-state index contributed by atoms with van der Waals surface area (Å²) >= 11 is 0. The van der Waals surface area contributed by atoms with E-state index in [9.17, 15) is 9.18 Å². The molecule has 0 atom stereocenters. The van der Waals surface area contributed by atoms with Gasteiger partial charge in [0.15, 0.2) is 11.6 Å². The summed E-state index contributed by atoms with van der Waals surface area (Å²) in [6.45, 7) is 5.13. The number of rotatable bonds is 4. The first-order valence-corrected chi connectivity index (χ1v) is 10.1. The van der Waals surface area contributed by atoms with Gasteiger partial charge in [-0.1, -0.05) is 38.1 Å². The van der Waals surface area contributed by atoms with Crippen LogP contribution in [0, 0.1) is 11.7 Å². The van der Waals surface area contributed by atoms with E-state index in [0.717, 1.165) is 22.0 Å². The molecule has 2 aromatic carbocycles. The SMILES string of the molecule is CC(C)C(=O)N1CCC(Oc2ccc(-c3cnc4ccccc4c3)cc2F)CC1. The smallest absolute Gasteiger partial charge is 0.225 e. The molecule has 1 aromatic heterocycles. The van der Waals surface area contributed by atoms with Gasteiger partial charge in [-0.3, -0.25) is 9.78 Å². The fraction of sp³-hybridized carbons (Fsp3) is 0.333. The van der Waals surface area contributed by atoms with Gasteiger partial charge in [0.25, 0.3) is 0 Å². The van der Waals surface area contributed by atoms with Gasteiger partial charge in [-0.05, 0) is 29.8 Å². The number of aromatic nitrogens is 1. The van der Waals surface area contributed by atoms with E-state index >= 15 is 0 Å². The summed E-state index contributed by atoms with van der Waals surface area (Å²) in [7, 11) is 0. The summed E-state index contributed by atoms with van der Waals surface area (Å²) in [5.74, 6) is 0.0533. The van der Waals surface area contributed by atoms with Gasteiger partial charge in [-0.2, -0.15) is 0 Å². The first kappa shape index (κ1) is 19.4. The molecule has 0 saturated carbocycles. The summed E-state index contributed by atoms with van der Waals surface area (Å²) in [5.41, 5.74) is 2.55. The molecule has 0 aliphatic carbocycles. The van der Waals surface area contributed by atoms with Crippen LogP contribution in [-0.2, 0) is 4.79 Å². The lowest BCUT2D eigenvalue weighted by Crippen LogP contribution is -2.43. The van der Waals surface area contributed by atoms with Crippen LogP contribution in [0.4, 0.5) is 4.39 Å². The second kappa shape index (κ2) is 8.19. The average molecular weight is 392 g/mol. The minimum atomic E-state index is -0.378. The van der Waals surface area contributed by atoms with Crippen molar-refractivity contribution in [3.05, 3.63) is 60.5 Å². The molecule has 0 unspecified atom stereocenters. The third kappa shape index (κ3) is 4.24. The molecule has 0 bridgehead atoms. The highest BCUT2D eigenvalue weighted by molar-refractivity contribution is 5.83. The van der Waals surface area contributed by atoms with Gasteiger partial charge >= 0.3 is 0 Å². The Bertz CT molecular complexity index is 1030. The Labute approximate surface area is 170 Å². The maximum Gasteiger partial charge on any atom is 0.225 e. The predicted molar refractivity (Wildman–Crippen MR) is 112 cm³/mol. The standard InChI is InChI=1S/C24H25FN2O2/c1-16(2)24(28)27-11-9-20(10-12-27)29-23-8-7-17(14-21(23)25)19-13-18-5-3-4-6-22(18)26-15-19/h3-8,13-16,20H,9-12H2,1-2H3. The first-order valence-electron chi connectivity index (χ1n) is 10.1. The number of piperidine rings is 1. The highest BCUT2D eigenvalue weighted by atomic mass is 19.1. The normalized spacial score (nSPS) is 15.1. The monoisotopic (exact) mass is 392 g/mol. The molecule has 0 radical (unpaired) electrons. The summed E-state index contributed by atoms with van der Waals surface area (Å²) in [5, 5.41) is 1.02. The quantitative estimate of drug-likeness (QED) is 0.623. The first-order chi connectivity index (χ1) is 14.0. The fourth-order valence-electron chi connectivity index (χ4n) is 3.74. The van der Waals surface area contributed by atoms with Crippen LogP contribution in [0.25, 0.3) is 22.0 Å². The van der Waals surface area contributed by atoms with Crippen molar-refractivity contribution < 1.29 is 13.9 Å². The molecule has 1 amide bonds. The fourth-order valence-corrected chi connectivity index (χ4v) is 3.74. The third-order valence-electron chi connectivity index (χ3n) is 5.40. The van der Waals surface area contributed by atoms with Crippen molar-refractivity contribution >= 4 is 16.8 Å². The zero-order valence-electron chi connectivity index (χ0n) is 16.8. The minimum absolute atomic E-state index is 0.00190. The van der Waals surface area contributed by atoms with E-state index in [1.54, 1.807) is 12.3 Å². The maximum atomic E-state index is 14.7. The Morgan fingerprint density at radius 1 is 1.10 bits per heavy atom. The molecule has 0 N–H and O–H groups in total. The molecule has 4 rings (SSSR count). The van der Waals surface area contributed by atoms with Crippen LogP contribution >= 0.6 is 0 Å². The van der Waals surface area contributed by atoms with Gasteiger partial charge in [0.1, 0.15) is 6.10 Å². The lowest BCUT2D eigenvalue weighted by molar-refractivity contribution is -0.136. The number of carbonyl (C=O) groups excluding carboxylic acids is 1. The van der Waals surface area contributed by atoms with E-state index in [1.807, 2.05) is 55.1 Å². The van der Waals surface area contributed by atoms with Crippen molar-refractivity contribution in [2.24, 2.45) is 5.92 Å². The third-order valence-corrected chi connectivity index (χ3v) is 5.40. The maximum absolute atomic E-state index is 14.7. The van der Waals surface area contributed by atoms with Crippen molar-refractivity contribution in [2.75, 3.05) is 13.1 Å². The molecule has 150 valence electrons. The van der Waals surface area contributed by atoms with Crippen LogP contribution in [0.1, 0.15) is 26.7 Å². The van der Waals surface area contributed by atoms with Gasteiger partial charge in [-0.25, -0.2) is 4.39 Å².